The van der Waals surface area contributed by atoms with Crippen molar-refractivity contribution in [1.29, 1.82) is 0 Å². The lowest BCUT2D eigenvalue weighted by Crippen LogP contribution is -2.41. The summed E-state index contributed by atoms with van der Waals surface area (Å²) in [5.74, 6) is 0. The molecule has 0 atom stereocenters. The fourth-order valence-corrected chi connectivity index (χ4v) is 3.04. The molecule has 1 saturated heterocycles. The Hall–Kier alpha value is -0.450. The normalized spacial score (nSPS) is 20.2. The van der Waals surface area contributed by atoms with Crippen LogP contribution in [0.25, 0.3) is 0 Å². The fraction of sp³-hybridized carbons (Fsp3) is 0.750. The highest BCUT2D eigenvalue weighted by molar-refractivity contribution is 7.07. The molecule has 1 fully saturated rings. The molecule has 2 rings (SSSR count). The van der Waals surface area contributed by atoms with Gasteiger partial charge in [0.2, 0.25) is 0 Å². The Morgan fingerprint density at radius 2 is 2.25 bits per heavy atom. The first-order chi connectivity index (χ1) is 7.68. The largest absolute Gasteiger partial charge is 0.317 e. The van der Waals surface area contributed by atoms with Gasteiger partial charge >= 0.3 is 0 Å². The summed E-state index contributed by atoms with van der Waals surface area (Å²) in [5.41, 5.74) is 3.59. The Kier molecular flexibility index (Phi) is 3.95. The standard InChI is InChI=1S/C12H21N3S/c1-12(3-5-13-6-4-12)9-15(2)7-11-8-16-10-14-11/h8,10,13H,3-7,9H2,1-2H3. The summed E-state index contributed by atoms with van der Waals surface area (Å²) in [4.78, 5) is 6.74. The van der Waals surface area contributed by atoms with Crippen molar-refractivity contribution in [1.82, 2.24) is 15.2 Å². The van der Waals surface area contributed by atoms with E-state index < -0.39 is 0 Å². The number of nitrogens with one attached hydrogen (secondary N) is 1. The average molecular weight is 239 g/mol. The lowest BCUT2D eigenvalue weighted by molar-refractivity contribution is 0.142. The van der Waals surface area contributed by atoms with Crippen LogP contribution < -0.4 is 5.32 Å². The van der Waals surface area contributed by atoms with E-state index in [1.54, 1.807) is 11.3 Å². The first-order valence-electron chi connectivity index (χ1n) is 5.94. The highest BCUT2D eigenvalue weighted by atomic mass is 32.1. The van der Waals surface area contributed by atoms with Crippen LogP contribution in [0.1, 0.15) is 25.5 Å². The van der Waals surface area contributed by atoms with Crippen molar-refractivity contribution in [2.75, 3.05) is 26.7 Å². The van der Waals surface area contributed by atoms with Crippen molar-refractivity contribution < 1.29 is 0 Å². The maximum Gasteiger partial charge on any atom is 0.0795 e. The maximum absolute atomic E-state index is 4.34. The van der Waals surface area contributed by atoms with Crippen molar-refractivity contribution in [3.8, 4) is 0 Å². The van der Waals surface area contributed by atoms with Gasteiger partial charge in [0.15, 0.2) is 0 Å². The number of rotatable bonds is 4. The van der Waals surface area contributed by atoms with Crippen LogP contribution in [0.5, 0.6) is 0 Å². The van der Waals surface area contributed by atoms with Crippen molar-refractivity contribution in [2.45, 2.75) is 26.3 Å². The molecule has 0 amide bonds. The van der Waals surface area contributed by atoms with Crippen molar-refractivity contribution >= 4 is 11.3 Å². The molecular weight excluding hydrogens is 218 g/mol. The van der Waals surface area contributed by atoms with Crippen LogP contribution in [-0.2, 0) is 6.54 Å². The number of piperidine rings is 1. The Morgan fingerprint density at radius 3 is 2.88 bits per heavy atom. The number of thiazole rings is 1. The van der Waals surface area contributed by atoms with Crippen LogP contribution in [0.3, 0.4) is 0 Å². The predicted molar refractivity (Wildman–Crippen MR) is 68.7 cm³/mol. The molecule has 16 heavy (non-hydrogen) atoms. The number of hydrogen-bond acceptors (Lipinski definition) is 4. The molecule has 3 nitrogen and oxygen atoms in total. The van der Waals surface area contributed by atoms with E-state index in [0.717, 1.165) is 6.54 Å². The molecule has 0 aliphatic carbocycles. The highest BCUT2D eigenvalue weighted by Crippen LogP contribution is 2.28. The lowest BCUT2D eigenvalue weighted by atomic mass is 9.80. The van der Waals surface area contributed by atoms with E-state index in [9.17, 15) is 0 Å². The smallest absolute Gasteiger partial charge is 0.0795 e. The van der Waals surface area contributed by atoms with Gasteiger partial charge in [-0.25, -0.2) is 4.98 Å². The second-order valence-electron chi connectivity index (χ2n) is 5.21. The third-order valence-corrected chi connectivity index (χ3v) is 4.01. The Bertz CT molecular complexity index is 304. The minimum absolute atomic E-state index is 0.482. The van der Waals surface area contributed by atoms with Gasteiger partial charge in [-0.15, -0.1) is 11.3 Å². The van der Waals surface area contributed by atoms with E-state index in [1.165, 1.54) is 38.2 Å². The van der Waals surface area contributed by atoms with Crippen LogP contribution >= 0.6 is 11.3 Å². The van der Waals surface area contributed by atoms with E-state index >= 15 is 0 Å². The van der Waals surface area contributed by atoms with Crippen LogP contribution in [0.15, 0.2) is 10.9 Å². The summed E-state index contributed by atoms with van der Waals surface area (Å²) in [6.07, 6.45) is 2.57. The van der Waals surface area contributed by atoms with Gasteiger partial charge in [-0.1, -0.05) is 6.92 Å². The third kappa shape index (κ3) is 3.27. The minimum atomic E-state index is 0.482. The van der Waals surface area contributed by atoms with Crippen LogP contribution in [0, 0.1) is 5.41 Å². The van der Waals surface area contributed by atoms with Crippen molar-refractivity contribution in [3.05, 3.63) is 16.6 Å². The molecule has 90 valence electrons. The molecule has 1 aromatic heterocycles. The zero-order valence-electron chi connectivity index (χ0n) is 10.2. The molecule has 0 radical (unpaired) electrons. The quantitative estimate of drug-likeness (QED) is 0.870. The minimum Gasteiger partial charge on any atom is -0.317 e. The first kappa shape index (κ1) is 12.0. The average Bonchev–Trinajstić information content (AvgIpc) is 2.70. The molecule has 0 spiro atoms. The number of hydrogen-bond donors (Lipinski definition) is 1. The molecule has 1 aromatic rings. The summed E-state index contributed by atoms with van der Waals surface area (Å²) in [5, 5.41) is 5.57. The molecule has 1 aliphatic rings. The Balaban J connectivity index is 1.84. The van der Waals surface area contributed by atoms with Crippen LogP contribution in [0.2, 0.25) is 0 Å². The topological polar surface area (TPSA) is 28.2 Å². The van der Waals surface area contributed by atoms with E-state index in [0.29, 0.717) is 5.41 Å². The molecule has 0 aromatic carbocycles. The first-order valence-corrected chi connectivity index (χ1v) is 6.89. The Labute approximate surface area is 102 Å². The van der Waals surface area contributed by atoms with Gasteiger partial charge in [0.05, 0.1) is 11.2 Å². The highest BCUT2D eigenvalue weighted by Gasteiger charge is 2.27. The second kappa shape index (κ2) is 5.25. The summed E-state index contributed by atoms with van der Waals surface area (Å²) in [6, 6.07) is 0. The molecule has 2 heterocycles. The van der Waals surface area contributed by atoms with Gasteiger partial charge in [-0.2, -0.15) is 0 Å². The van der Waals surface area contributed by atoms with E-state index in [1.807, 2.05) is 5.51 Å². The lowest BCUT2D eigenvalue weighted by Gasteiger charge is -2.37. The molecule has 1 aliphatic heterocycles. The van der Waals surface area contributed by atoms with E-state index in [4.69, 9.17) is 0 Å². The second-order valence-corrected chi connectivity index (χ2v) is 5.93. The van der Waals surface area contributed by atoms with Crippen LogP contribution in [-0.4, -0.2) is 36.6 Å². The summed E-state index contributed by atoms with van der Waals surface area (Å²) < 4.78 is 0. The predicted octanol–water partition coefficient (Wildman–Crippen LogP) is 1.96. The molecule has 4 heteroatoms. The third-order valence-electron chi connectivity index (χ3n) is 3.38. The van der Waals surface area contributed by atoms with Gasteiger partial charge in [-0.3, -0.25) is 4.90 Å². The van der Waals surface area contributed by atoms with Gasteiger partial charge in [0, 0.05) is 18.5 Å². The Morgan fingerprint density at radius 1 is 1.50 bits per heavy atom. The molecule has 0 unspecified atom stereocenters. The zero-order valence-corrected chi connectivity index (χ0v) is 11.0. The summed E-state index contributed by atoms with van der Waals surface area (Å²) >= 11 is 1.68. The SMILES string of the molecule is CN(Cc1cscn1)CC1(C)CCNCC1. The van der Waals surface area contributed by atoms with Crippen LogP contribution in [0.4, 0.5) is 0 Å². The summed E-state index contributed by atoms with van der Waals surface area (Å²) in [6.45, 7) is 6.90. The van der Waals surface area contributed by atoms with Gasteiger partial charge < -0.3 is 5.32 Å². The van der Waals surface area contributed by atoms with Crippen molar-refractivity contribution in [2.24, 2.45) is 5.41 Å². The maximum atomic E-state index is 4.34. The molecule has 0 bridgehead atoms. The number of nitrogens with zero attached hydrogens (tertiary/aromatic N) is 2. The van der Waals surface area contributed by atoms with Gasteiger partial charge in [0.1, 0.15) is 0 Å². The number of aromatic nitrogens is 1. The molecular formula is C12H21N3S. The zero-order chi connectivity index (χ0) is 11.4. The van der Waals surface area contributed by atoms with Gasteiger partial charge in [0.25, 0.3) is 0 Å². The molecule has 0 saturated carbocycles. The van der Waals surface area contributed by atoms with Crippen molar-refractivity contribution in [3.63, 3.8) is 0 Å². The van der Waals surface area contributed by atoms with E-state index in [2.05, 4.69) is 34.6 Å². The van der Waals surface area contributed by atoms with Gasteiger partial charge in [-0.05, 0) is 38.4 Å². The monoisotopic (exact) mass is 239 g/mol. The van der Waals surface area contributed by atoms with E-state index in [-0.39, 0.29) is 0 Å². The summed E-state index contributed by atoms with van der Waals surface area (Å²) in [7, 11) is 2.20. The fourth-order valence-electron chi connectivity index (χ4n) is 2.49. The molecule has 1 N–H and O–H groups in total.